The first kappa shape index (κ1) is 17.3. The second-order valence-corrected chi connectivity index (χ2v) is 4.08. The van der Waals surface area contributed by atoms with Crippen LogP contribution in [0.5, 0.6) is 0 Å². The summed E-state index contributed by atoms with van der Waals surface area (Å²) in [4.78, 5) is 12.1. The highest BCUT2D eigenvalue weighted by Gasteiger charge is 2.13. The first-order valence-electron chi connectivity index (χ1n) is 4.74. The van der Waals surface area contributed by atoms with E-state index < -0.39 is 0 Å². The van der Waals surface area contributed by atoms with Crippen molar-refractivity contribution in [3.63, 3.8) is 0 Å². The number of hydrogen-bond donors (Lipinski definition) is 0. The van der Waals surface area contributed by atoms with E-state index in [4.69, 9.17) is 23.2 Å². The molecule has 0 heterocycles. The highest BCUT2D eigenvalue weighted by atomic mass is 35.5. The molecule has 96 valence electrons. The number of carbonyl (C=O) groups is 1. The molecule has 0 saturated carbocycles. The van der Waals surface area contributed by atoms with E-state index in [1.165, 1.54) is 0 Å². The lowest BCUT2D eigenvalue weighted by molar-refractivity contribution is 0.103. The molecular weight excluding hydrogens is 314 g/mol. The zero-order chi connectivity index (χ0) is 11.5. The Morgan fingerprint density at radius 1 is 0.833 bits per heavy atom. The van der Waals surface area contributed by atoms with E-state index in [0.29, 0.717) is 21.2 Å². The third kappa shape index (κ3) is 3.63. The van der Waals surface area contributed by atoms with Crippen molar-refractivity contribution < 1.29 is 4.79 Å². The van der Waals surface area contributed by atoms with Crippen molar-refractivity contribution in [2.24, 2.45) is 0 Å². The van der Waals surface area contributed by atoms with Gasteiger partial charge in [-0.1, -0.05) is 59.6 Å². The van der Waals surface area contributed by atoms with E-state index in [1.807, 2.05) is 18.2 Å². The maximum Gasteiger partial charge on any atom is 0.194 e. The quantitative estimate of drug-likeness (QED) is 0.705. The first-order valence-corrected chi connectivity index (χ1v) is 5.49. The van der Waals surface area contributed by atoms with Crippen molar-refractivity contribution >= 4 is 53.8 Å². The minimum atomic E-state index is -0.117. The summed E-state index contributed by atoms with van der Waals surface area (Å²) >= 11 is 11.8. The summed E-state index contributed by atoms with van der Waals surface area (Å²) < 4.78 is 0. The van der Waals surface area contributed by atoms with Crippen molar-refractivity contribution in [3.8, 4) is 0 Å². The zero-order valence-electron chi connectivity index (χ0n) is 9.10. The average molecular weight is 324 g/mol. The Kier molecular flexibility index (Phi) is 7.34. The molecular formula is C13H10Cl4O. The maximum atomic E-state index is 12.1. The third-order valence-corrected chi connectivity index (χ3v) is 3.05. The van der Waals surface area contributed by atoms with Gasteiger partial charge in [0.25, 0.3) is 0 Å². The van der Waals surface area contributed by atoms with Gasteiger partial charge in [0.05, 0.1) is 10.0 Å². The molecule has 2 aromatic carbocycles. The topological polar surface area (TPSA) is 17.1 Å². The molecule has 18 heavy (non-hydrogen) atoms. The highest BCUT2D eigenvalue weighted by Crippen LogP contribution is 2.27. The molecule has 0 amide bonds. The molecule has 2 aromatic rings. The third-order valence-electron chi connectivity index (χ3n) is 2.23. The Hall–Kier alpha value is -0.730. The van der Waals surface area contributed by atoms with Gasteiger partial charge in [-0.15, -0.1) is 24.8 Å². The zero-order valence-corrected chi connectivity index (χ0v) is 12.2. The van der Waals surface area contributed by atoms with Crippen LogP contribution in [0.25, 0.3) is 0 Å². The predicted octanol–water partition coefficient (Wildman–Crippen LogP) is 5.07. The molecule has 1 nitrogen and oxygen atoms in total. The maximum absolute atomic E-state index is 12.1. The SMILES string of the molecule is Cl.Cl.O=C(c1ccccc1)c1cccc(Cl)c1Cl. The largest absolute Gasteiger partial charge is 0.289 e. The van der Waals surface area contributed by atoms with Crippen LogP contribution in [0.3, 0.4) is 0 Å². The molecule has 0 spiro atoms. The van der Waals surface area contributed by atoms with E-state index in [2.05, 4.69) is 0 Å². The van der Waals surface area contributed by atoms with Gasteiger partial charge in [-0.05, 0) is 12.1 Å². The van der Waals surface area contributed by atoms with Crippen LogP contribution in [0.2, 0.25) is 10.0 Å². The van der Waals surface area contributed by atoms with Crippen LogP contribution in [-0.2, 0) is 0 Å². The standard InChI is InChI=1S/C13H8Cl2O.2ClH/c14-11-8-4-7-10(12(11)15)13(16)9-5-2-1-3-6-9;;/h1-8H;2*1H. The van der Waals surface area contributed by atoms with E-state index in [1.54, 1.807) is 30.3 Å². The Morgan fingerprint density at radius 3 is 2.06 bits per heavy atom. The lowest BCUT2D eigenvalue weighted by Gasteiger charge is -2.04. The number of rotatable bonds is 2. The van der Waals surface area contributed by atoms with Gasteiger partial charge in [0.15, 0.2) is 5.78 Å². The van der Waals surface area contributed by atoms with Gasteiger partial charge in [-0.3, -0.25) is 4.79 Å². The summed E-state index contributed by atoms with van der Waals surface area (Å²) in [6, 6.07) is 14.0. The predicted molar refractivity (Wildman–Crippen MR) is 80.8 cm³/mol. The second kappa shape index (κ2) is 7.65. The summed E-state index contributed by atoms with van der Waals surface area (Å²) in [5, 5.41) is 0.696. The average Bonchev–Trinajstić information content (AvgIpc) is 2.33. The summed E-state index contributed by atoms with van der Waals surface area (Å²) in [7, 11) is 0. The van der Waals surface area contributed by atoms with Gasteiger partial charge in [-0.25, -0.2) is 0 Å². The van der Waals surface area contributed by atoms with Crippen LogP contribution < -0.4 is 0 Å². The molecule has 0 atom stereocenters. The van der Waals surface area contributed by atoms with Crippen molar-refractivity contribution in [1.29, 1.82) is 0 Å². The molecule has 0 bridgehead atoms. The van der Waals surface area contributed by atoms with E-state index in [9.17, 15) is 4.79 Å². The Labute approximate surface area is 128 Å². The lowest BCUT2D eigenvalue weighted by Crippen LogP contribution is -2.01. The molecule has 0 N–H and O–H groups in total. The molecule has 0 saturated heterocycles. The summed E-state index contributed by atoms with van der Waals surface area (Å²) in [5.41, 5.74) is 1.03. The number of halogens is 4. The van der Waals surface area contributed by atoms with Gasteiger partial charge >= 0.3 is 0 Å². The molecule has 0 radical (unpaired) electrons. The molecule has 0 unspecified atom stereocenters. The van der Waals surface area contributed by atoms with Crippen molar-refractivity contribution in [1.82, 2.24) is 0 Å². The van der Waals surface area contributed by atoms with Gasteiger partial charge in [0.1, 0.15) is 0 Å². The van der Waals surface area contributed by atoms with Crippen LogP contribution in [-0.4, -0.2) is 5.78 Å². The van der Waals surface area contributed by atoms with Crippen molar-refractivity contribution in [2.45, 2.75) is 0 Å². The van der Waals surface area contributed by atoms with E-state index in [0.717, 1.165) is 0 Å². The Balaban J connectivity index is 0.00000144. The molecule has 0 aliphatic rings. The fraction of sp³-hybridized carbons (Fsp3) is 0. The molecule has 0 aliphatic heterocycles. The fourth-order valence-corrected chi connectivity index (χ4v) is 1.81. The number of benzene rings is 2. The molecule has 0 aliphatic carbocycles. The van der Waals surface area contributed by atoms with Crippen LogP contribution >= 0.6 is 48.0 Å². The number of ketones is 1. The summed E-state index contributed by atoms with van der Waals surface area (Å²) in [6.45, 7) is 0. The Morgan fingerprint density at radius 2 is 1.44 bits per heavy atom. The minimum Gasteiger partial charge on any atom is -0.289 e. The monoisotopic (exact) mass is 322 g/mol. The molecule has 0 fully saturated rings. The summed E-state index contributed by atoms with van der Waals surface area (Å²) in [6.07, 6.45) is 0. The smallest absolute Gasteiger partial charge is 0.194 e. The lowest BCUT2D eigenvalue weighted by atomic mass is 10.0. The van der Waals surface area contributed by atoms with Crippen molar-refractivity contribution in [3.05, 3.63) is 69.7 Å². The second-order valence-electron chi connectivity index (χ2n) is 3.30. The molecule has 2 rings (SSSR count). The normalized spacial score (nSPS) is 9.00. The summed E-state index contributed by atoms with van der Waals surface area (Å²) in [5.74, 6) is -0.117. The van der Waals surface area contributed by atoms with Gasteiger partial charge in [0, 0.05) is 11.1 Å². The minimum absolute atomic E-state index is 0. The van der Waals surface area contributed by atoms with Crippen LogP contribution in [0.15, 0.2) is 48.5 Å². The van der Waals surface area contributed by atoms with E-state index >= 15 is 0 Å². The molecule has 5 heteroatoms. The highest BCUT2D eigenvalue weighted by molar-refractivity contribution is 6.44. The Bertz CT molecular complexity index is 526. The fourth-order valence-electron chi connectivity index (χ4n) is 1.42. The van der Waals surface area contributed by atoms with Gasteiger partial charge < -0.3 is 0 Å². The van der Waals surface area contributed by atoms with Gasteiger partial charge in [0.2, 0.25) is 0 Å². The van der Waals surface area contributed by atoms with Crippen LogP contribution in [0.4, 0.5) is 0 Å². The number of hydrogen-bond acceptors (Lipinski definition) is 1. The van der Waals surface area contributed by atoms with Crippen LogP contribution in [0, 0.1) is 0 Å². The van der Waals surface area contributed by atoms with Crippen molar-refractivity contribution in [2.75, 3.05) is 0 Å². The van der Waals surface area contributed by atoms with E-state index in [-0.39, 0.29) is 30.6 Å². The van der Waals surface area contributed by atoms with Crippen LogP contribution in [0.1, 0.15) is 15.9 Å². The first-order chi connectivity index (χ1) is 7.70. The number of carbonyl (C=O) groups excluding carboxylic acids is 1. The molecule has 0 aromatic heterocycles. The van der Waals surface area contributed by atoms with Gasteiger partial charge in [-0.2, -0.15) is 0 Å².